The van der Waals surface area contributed by atoms with Gasteiger partial charge in [-0.25, -0.2) is 12.7 Å². The van der Waals surface area contributed by atoms with Crippen LogP contribution in [-0.4, -0.2) is 49.9 Å². The largest absolute Gasteiger partial charge is 0.349 e. The Hall–Kier alpha value is -1.93. The normalized spacial score (nSPS) is 21.8. The van der Waals surface area contributed by atoms with Gasteiger partial charge in [-0.2, -0.15) is 0 Å². The molecule has 1 aromatic rings. The average Bonchev–Trinajstić information content (AvgIpc) is 2.68. The Labute approximate surface area is 166 Å². The second-order valence-electron chi connectivity index (χ2n) is 7.80. The Bertz CT molecular complexity index is 818. The molecule has 28 heavy (non-hydrogen) atoms. The van der Waals surface area contributed by atoms with E-state index in [-0.39, 0.29) is 24.4 Å². The predicted octanol–water partition coefficient (Wildman–Crippen LogP) is 2.36. The Morgan fingerprint density at radius 2 is 1.75 bits per heavy atom. The van der Waals surface area contributed by atoms with E-state index in [4.69, 9.17) is 0 Å². The van der Waals surface area contributed by atoms with Crippen LogP contribution in [0.2, 0.25) is 0 Å². The molecular weight excluding hydrogens is 378 g/mol. The van der Waals surface area contributed by atoms with E-state index >= 15 is 0 Å². The first kappa shape index (κ1) is 20.8. The molecule has 0 bridgehead atoms. The molecule has 1 atom stereocenters. The number of hydrogen-bond acceptors (Lipinski definition) is 4. The van der Waals surface area contributed by atoms with Gasteiger partial charge in [0.15, 0.2) is 0 Å². The monoisotopic (exact) mass is 407 g/mol. The van der Waals surface area contributed by atoms with Crippen molar-refractivity contribution in [3.8, 4) is 0 Å². The van der Waals surface area contributed by atoms with Crippen LogP contribution in [0.1, 0.15) is 55.3 Å². The van der Waals surface area contributed by atoms with Crippen LogP contribution in [0.15, 0.2) is 24.3 Å². The zero-order chi connectivity index (χ0) is 20.1. The summed E-state index contributed by atoms with van der Waals surface area (Å²) in [5, 5.41) is 5.93. The first-order valence-electron chi connectivity index (χ1n) is 10.0. The smallest absolute Gasteiger partial charge is 0.253 e. The number of sulfonamides is 1. The van der Waals surface area contributed by atoms with Gasteiger partial charge in [0.1, 0.15) is 0 Å². The second-order valence-corrected chi connectivity index (χ2v) is 9.79. The van der Waals surface area contributed by atoms with Crippen molar-refractivity contribution in [3.63, 3.8) is 0 Å². The number of amides is 2. The summed E-state index contributed by atoms with van der Waals surface area (Å²) in [5.74, 6) is -0.839. The minimum absolute atomic E-state index is 0.177. The molecule has 2 aliphatic rings. The van der Waals surface area contributed by atoms with Crippen LogP contribution in [0, 0.1) is 5.92 Å². The van der Waals surface area contributed by atoms with Gasteiger partial charge in [0.2, 0.25) is 15.9 Å². The van der Waals surface area contributed by atoms with Crippen molar-refractivity contribution in [1.29, 1.82) is 0 Å². The van der Waals surface area contributed by atoms with Crippen LogP contribution in [0.5, 0.6) is 0 Å². The maximum atomic E-state index is 12.7. The highest BCUT2D eigenvalue weighted by Gasteiger charge is 2.30. The fourth-order valence-corrected chi connectivity index (χ4v) is 4.90. The topological polar surface area (TPSA) is 95.6 Å². The molecule has 2 fully saturated rings. The number of nitrogens with zero attached hydrogens (tertiary/aromatic N) is 1. The minimum Gasteiger partial charge on any atom is -0.349 e. The lowest BCUT2D eigenvalue weighted by atomic mass is 9.95. The third-order valence-corrected chi connectivity index (χ3v) is 6.86. The average molecular weight is 408 g/mol. The van der Waals surface area contributed by atoms with E-state index in [0.29, 0.717) is 30.6 Å². The maximum Gasteiger partial charge on any atom is 0.253 e. The van der Waals surface area contributed by atoms with Crippen molar-refractivity contribution in [2.75, 3.05) is 24.7 Å². The number of hydrogen-bond donors (Lipinski definition) is 2. The number of carbonyl (C=O) groups is 2. The summed E-state index contributed by atoms with van der Waals surface area (Å²) in [6, 6.07) is 7.16. The first-order chi connectivity index (χ1) is 13.3. The molecule has 0 spiro atoms. The molecule has 154 valence electrons. The predicted molar refractivity (Wildman–Crippen MR) is 109 cm³/mol. The lowest BCUT2D eigenvalue weighted by Crippen LogP contribution is -2.43. The molecule has 8 heteroatoms. The summed E-state index contributed by atoms with van der Waals surface area (Å²) in [4.78, 5) is 25.5. The van der Waals surface area contributed by atoms with Gasteiger partial charge in [-0.15, -0.1) is 0 Å². The summed E-state index contributed by atoms with van der Waals surface area (Å²) >= 11 is 0. The molecule has 2 amide bonds. The number of anilines is 1. The Balaban J connectivity index is 1.67. The van der Waals surface area contributed by atoms with Gasteiger partial charge in [0, 0.05) is 19.1 Å². The van der Waals surface area contributed by atoms with Crippen LogP contribution in [-0.2, 0) is 14.8 Å². The zero-order valence-corrected chi connectivity index (χ0v) is 17.1. The molecule has 1 heterocycles. The van der Waals surface area contributed by atoms with E-state index in [1.807, 2.05) is 0 Å². The SMILES string of the molecule is CS(=O)(=O)N1CCC[C@H](C(=O)Nc2ccccc2C(=O)NC2CCCCC2)C1. The molecule has 7 nitrogen and oxygen atoms in total. The second kappa shape index (κ2) is 9.05. The highest BCUT2D eigenvalue weighted by atomic mass is 32.2. The van der Waals surface area contributed by atoms with Gasteiger partial charge in [0.25, 0.3) is 5.91 Å². The van der Waals surface area contributed by atoms with Gasteiger partial charge in [-0.1, -0.05) is 31.4 Å². The molecule has 1 aromatic carbocycles. The third-order valence-electron chi connectivity index (χ3n) is 5.59. The number of piperidine rings is 1. The number of carbonyl (C=O) groups excluding carboxylic acids is 2. The Kier molecular flexibility index (Phi) is 6.72. The summed E-state index contributed by atoms with van der Waals surface area (Å²) in [6.07, 6.45) is 7.89. The van der Waals surface area contributed by atoms with Gasteiger partial charge >= 0.3 is 0 Å². The molecule has 0 aromatic heterocycles. The fraction of sp³-hybridized carbons (Fsp3) is 0.600. The zero-order valence-electron chi connectivity index (χ0n) is 16.3. The van der Waals surface area contributed by atoms with Crippen molar-refractivity contribution in [2.45, 2.75) is 51.0 Å². The third kappa shape index (κ3) is 5.32. The molecule has 1 saturated carbocycles. The Morgan fingerprint density at radius 1 is 1.04 bits per heavy atom. The standard InChI is InChI=1S/C20H29N3O4S/c1-28(26,27)23-13-7-8-15(14-23)19(24)22-18-12-6-5-11-17(18)20(25)21-16-9-3-2-4-10-16/h5-6,11-12,15-16H,2-4,7-10,13-14H2,1H3,(H,21,25)(H,22,24)/t15-/m0/s1. The maximum absolute atomic E-state index is 12.7. The number of rotatable bonds is 5. The summed E-state index contributed by atoms with van der Waals surface area (Å²) in [6.45, 7) is 0.629. The van der Waals surface area contributed by atoms with Gasteiger partial charge in [0.05, 0.1) is 23.4 Å². The van der Waals surface area contributed by atoms with Crippen molar-refractivity contribution >= 4 is 27.5 Å². The van der Waals surface area contributed by atoms with Crippen LogP contribution < -0.4 is 10.6 Å². The van der Waals surface area contributed by atoms with Gasteiger partial charge in [-0.3, -0.25) is 9.59 Å². The molecular formula is C20H29N3O4S. The molecule has 0 unspecified atom stereocenters. The highest BCUT2D eigenvalue weighted by Crippen LogP contribution is 2.23. The fourth-order valence-electron chi connectivity index (χ4n) is 3.99. The minimum atomic E-state index is -3.31. The van der Waals surface area contributed by atoms with Crippen LogP contribution >= 0.6 is 0 Å². The van der Waals surface area contributed by atoms with Gasteiger partial charge < -0.3 is 10.6 Å². The van der Waals surface area contributed by atoms with Crippen LogP contribution in [0.4, 0.5) is 5.69 Å². The molecule has 1 aliphatic carbocycles. The van der Waals surface area contributed by atoms with Crippen molar-refractivity contribution in [1.82, 2.24) is 9.62 Å². The molecule has 1 saturated heterocycles. The van der Waals surface area contributed by atoms with Crippen LogP contribution in [0.3, 0.4) is 0 Å². The molecule has 1 aliphatic heterocycles. The summed E-state index contributed by atoms with van der Waals surface area (Å²) in [5.41, 5.74) is 0.912. The lowest BCUT2D eigenvalue weighted by molar-refractivity contribution is -0.120. The van der Waals surface area contributed by atoms with Crippen molar-refractivity contribution < 1.29 is 18.0 Å². The summed E-state index contributed by atoms with van der Waals surface area (Å²) < 4.78 is 24.9. The highest BCUT2D eigenvalue weighted by molar-refractivity contribution is 7.88. The van der Waals surface area contributed by atoms with Crippen molar-refractivity contribution in [3.05, 3.63) is 29.8 Å². The van der Waals surface area contributed by atoms with E-state index in [9.17, 15) is 18.0 Å². The van der Waals surface area contributed by atoms with E-state index in [0.717, 1.165) is 31.9 Å². The lowest BCUT2D eigenvalue weighted by Gasteiger charge is -2.30. The number of nitrogens with one attached hydrogen (secondary N) is 2. The van der Waals surface area contributed by atoms with E-state index in [1.54, 1.807) is 24.3 Å². The van der Waals surface area contributed by atoms with Gasteiger partial charge in [-0.05, 0) is 37.8 Å². The number of para-hydroxylation sites is 1. The van der Waals surface area contributed by atoms with E-state index < -0.39 is 15.9 Å². The molecule has 0 radical (unpaired) electrons. The molecule has 3 rings (SSSR count). The van der Waals surface area contributed by atoms with Crippen LogP contribution in [0.25, 0.3) is 0 Å². The van der Waals surface area contributed by atoms with E-state index in [2.05, 4.69) is 10.6 Å². The van der Waals surface area contributed by atoms with E-state index in [1.165, 1.54) is 10.7 Å². The van der Waals surface area contributed by atoms with Crippen molar-refractivity contribution in [2.24, 2.45) is 5.92 Å². The Morgan fingerprint density at radius 3 is 2.46 bits per heavy atom. The first-order valence-corrected chi connectivity index (χ1v) is 11.9. The quantitative estimate of drug-likeness (QED) is 0.783. The number of benzene rings is 1. The summed E-state index contributed by atoms with van der Waals surface area (Å²) in [7, 11) is -3.31. The molecule has 2 N–H and O–H groups in total.